The van der Waals surface area contributed by atoms with E-state index in [2.05, 4.69) is 74.0 Å². The first kappa shape index (κ1) is 14.9. The van der Waals surface area contributed by atoms with E-state index in [4.69, 9.17) is 5.73 Å². The molecule has 0 saturated heterocycles. The average molecular weight is 292 g/mol. The summed E-state index contributed by atoms with van der Waals surface area (Å²) in [6, 6.07) is 15.5. The van der Waals surface area contributed by atoms with Gasteiger partial charge in [0.1, 0.15) is 0 Å². The first-order valence-electron chi connectivity index (χ1n) is 7.93. The molecule has 0 saturated carbocycles. The molecule has 2 N–H and O–H groups in total. The van der Waals surface area contributed by atoms with Crippen LogP contribution < -0.4 is 5.73 Å². The summed E-state index contributed by atoms with van der Waals surface area (Å²) in [5, 5.41) is 1.32. The van der Waals surface area contributed by atoms with Gasteiger partial charge in [-0.25, -0.2) is 0 Å². The zero-order valence-electron chi connectivity index (χ0n) is 13.6. The summed E-state index contributed by atoms with van der Waals surface area (Å²) in [6.07, 6.45) is 3.19. The second-order valence-electron chi connectivity index (χ2n) is 6.41. The van der Waals surface area contributed by atoms with Gasteiger partial charge in [-0.3, -0.25) is 0 Å². The van der Waals surface area contributed by atoms with Crippen LogP contribution in [0.2, 0.25) is 0 Å². The van der Waals surface area contributed by atoms with Gasteiger partial charge in [-0.1, -0.05) is 42.0 Å². The molecule has 0 bridgehead atoms. The van der Waals surface area contributed by atoms with Crippen LogP contribution in [0.4, 0.5) is 0 Å². The Balaban J connectivity index is 2.05. The van der Waals surface area contributed by atoms with Crippen molar-refractivity contribution in [2.45, 2.75) is 39.8 Å². The van der Waals surface area contributed by atoms with Crippen LogP contribution in [0.25, 0.3) is 10.9 Å². The maximum Gasteiger partial charge on any atom is 0.0486 e. The predicted octanol–water partition coefficient (Wildman–Crippen LogP) is 4.20. The van der Waals surface area contributed by atoms with E-state index >= 15 is 0 Å². The van der Waals surface area contributed by atoms with Gasteiger partial charge in [0.15, 0.2) is 0 Å². The van der Waals surface area contributed by atoms with Gasteiger partial charge in [0.05, 0.1) is 0 Å². The third kappa shape index (κ3) is 2.93. The Kier molecular flexibility index (Phi) is 4.04. The number of benzene rings is 2. The van der Waals surface area contributed by atoms with Crippen molar-refractivity contribution in [2.24, 2.45) is 5.73 Å². The third-order valence-corrected chi connectivity index (χ3v) is 4.26. The fraction of sp³-hybridized carbons (Fsp3) is 0.300. The highest BCUT2D eigenvalue weighted by atomic mass is 15.0. The number of aryl methyl sites for hydroxylation is 2. The van der Waals surface area contributed by atoms with Gasteiger partial charge in [-0.15, -0.1) is 0 Å². The molecule has 0 spiro atoms. The summed E-state index contributed by atoms with van der Waals surface area (Å²) >= 11 is 0. The Morgan fingerprint density at radius 1 is 1.05 bits per heavy atom. The van der Waals surface area contributed by atoms with Crippen LogP contribution in [-0.2, 0) is 13.0 Å². The summed E-state index contributed by atoms with van der Waals surface area (Å²) in [5.74, 6) is 0. The molecule has 114 valence electrons. The molecule has 3 rings (SSSR count). The summed E-state index contributed by atoms with van der Waals surface area (Å²) in [4.78, 5) is 0. The number of hydrogen-bond acceptors (Lipinski definition) is 1. The molecule has 0 aliphatic rings. The molecule has 22 heavy (non-hydrogen) atoms. The van der Waals surface area contributed by atoms with E-state index in [0.29, 0.717) is 0 Å². The largest absolute Gasteiger partial charge is 0.343 e. The van der Waals surface area contributed by atoms with E-state index in [0.717, 1.165) is 13.0 Å². The Morgan fingerprint density at radius 3 is 2.59 bits per heavy atom. The fourth-order valence-electron chi connectivity index (χ4n) is 3.12. The zero-order chi connectivity index (χ0) is 15.7. The Labute approximate surface area is 132 Å². The van der Waals surface area contributed by atoms with Crippen molar-refractivity contribution in [2.75, 3.05) is 0 Å². The van der Waals surface area contributed by atoms with Gasteiger partial charge in [-0.2, -0.15) is 0 Å². The molecule has 2 aromatic carbocycles. The van der Waals surface area contributed by atoms with E-state index < -0.39 is 0 Å². The Bertz CT molecular complexity index is 797. The molecule has 0 aliphatic carbocycles. The molecule has 1 heterocycles. The van der Waals surface area contributed by atoms with Crippen LogP contribution in [0.1, 0.15) is 29.2 Å². The van der Waals surface area contributed by atoms with E-state index in [9.17, 15) is 0 Å². The zero-order valence-corrected chi connectivity index (χ0v) is 13.6. The summed E-state index contributed by atoms with van der Waals surface area (Å²) in [6.45, 7) is 7.31. The minimum Gasteiger partial charge on any atom is -0.343 e. The van der Waals surface area contributed by atoms with Gasteiger partial charge >= 0.3 is 0 Å². The second kappa shape index (κ2) is 5.98. The topological polar surface area (TPSA) is 30.9 Å². The number of nitrogens with zero attached hydrogens (tertiary/aromatic N) is 1. The maximum atomic E-state index is 6.01. The lowest BCUT2D eigenvalue weighted by atomic mass is 10.1. The van der Waals surface area contributed by atoms with E-state index in [1.165, 1.54) is 33.2 Å². The molecule has 2 nitrogen and oxygen atoms in total. The molecule has 1 aromatic heterocycles. The van der Waals surface area contributed by atoms with Gasteiger partial charge in [0.2, 0.25) is 0 Å². The molecule has 3 aromatic rings. The quantitative estimate of drug-likeness (QED) is 0.768. The van der Waals surface area contributed by atoms with E-state index in [1.54, 1.807) is 0 Å². The SMILES string of the molecule is Cc1ccc(C)c(Cn2cc(C[C@@H](C)N)c3ccccc32)c1. The number of aromatic nitrogens is 1. The lowest BCUT2D eigenvalue weighted by Gasteiger charge is -2.10. The molecule has 0 fully saturated rings. The summed E-state index contributed by atoms with van der Waals surface area (Å²) < 4.78 is 2.36. The van der Waals surface area contributed by atoms with Crippen LogP contribution in [0.3, 0.4) is 0 Å². The van der Waals surface area contributed by atoms with Crippen molar-refractivity contribution >= 4 is 10.9 Å². The molecule has 2 heteroatoms. The number of rotatable bonds is 4. The number of nitrogens with two attached hydrogens (primary N) is 1. The van der Waals surface area contributed by atoms with Crippen molar-refractivity contribution in [3.8, 4) is 0 Å². The van der Waals surface area contributed by atoms with Crippen molar-refractivity contribution < 1.29 is 0 Å². The standard InChI is InChI=1S/C20H24N2/c1-14-8-9-15(2)17(10-14)12-22-13-18(11-16(3)21)19-6-4-5-7-20(19)22/h4-10,13,16H,11-12,21H2,1-3H3/t16-/m1/s1. The van der Waals surface area contributed by atoms with Crippen LogP contribution in [-0.4, -0.2) is 10.6 Å². The third-order valence-electron chi connectivity index (χ3n) is 4.26. The predicted molar refractivity (Wildman–Crippen MR) is 94.3 cm³/mol. The number of hydrogen-bond donors (Lipinski definition) is 1. The maximum absolute atomic E-state index is 6.01. The van der Waals surface area contributed by atoms with Crippen LogP contribution in [0.5, 0.6) is 0 Å². The van der Waals surface area contributed by atoms with Crippen LogP contribution in [0, 0.1) is 13.8 Å². The molecular weight excluding hydrogens is 268 g/mol. The highest BCUT2D eigenvalue weighted by molar-refractivity contribution is 5.84. The summed E-state index contributed by atoms with van der Waals surface area (Å²) in [7, 11) is 0. The van der Waals surface area contributed by atoms with Gasteiger partial charge in [0, 0.05) is 29.7 Å². The van der Waals surface area contributed by atoms with Crippen LogP contribution in [0.15, 0.2) is 48.7 Å². The number of para-hydroxylation sites is 1. The fourth-order valence-corrected chi connectivity index (χ4v) is 3.12. The van der Waals surface area contributed by atoms with E-state index in [1.807, 2.05) is 0 Å². The van der Waals surface area contributed by atoms with Gasteiger partial charge in [-0.05, 0) is 49.9 Å². The average Bonchev–Trinajstić information content (AvgIpc) is 2.81. The molecule has 0 unspecified atom stereocenters. The van der Waals surface area contributed by atoms with E-state index in [-0.39, 0.29) is 6.04 Å². The molecular formula is C20H24N2. The minimum absolute atomic E-state index is 0.181. The van der Waals surface area contributed by atoms with Gasteiger partial charge < -0.3 is 10.3 Å². The number of fused-ring (bicyclic) bond motifs is 1. The Hall–Kier alpha value is -2.06. The smallest absolute Gasteiger partial charge is 0.0486 e. The Morgan fingerprint density at radius 2 is 1.82 bits per heavy atom. The minimum atomic E-state index is 0.181. The molecule has 0 amide bonds. The van der Waals surface area contributed by atoms with Crippen molar-refractivity contribution in [3.63, 3.8) is 0 Å². The van der Waals surface area contributed by atoms with Crippen LogP contribution >= 0.6 is 0 Å². The van der Waals surface area contributed by atoms with Gasteiger partial charge in [0.25, 0.3) is 0 Å². The second-order valence-corrected chi connectivity index (χ2v) is 6.41. The summed E-state index contributed by atoms with van der Waals surface area (Å²) in [5.41, 5.74) is 12.7. The van der Waals surface area contributed by atoms with Crippen molar-refractivity contribution in [1.82, 2.24) is 4.57 Å². The monoisotopic (exact) mass is 292 g/mol. The first-order valence-corrected chi connectivity index (χ1v) is 7.93. The highest BCUT2D eigenvalue weighted by Gasteiger charge is 2.10. The molecule has 1 atom stereocenters. The lowest BCUT2D eigenvalue weighted by molar-refractivity contribution is 0.734. The molecule has 0 aliphatic heterocycles. The first-order chi connectivity index (χ1) is 10.5. The lowest BCUT2D eigenvalue weighted by Crippen LogP contribution is -2.17. The van der Waals surface area contributed by atoms with Crippen molar-refractivity contribution in [3.05, 3.63) is 70.9 Å². The molecule has 0 radical (unpaired) electrons. The highest BCUT2D eigenvalue weighted by Crippen LogP contribution is 2.24. The normalized spacial score (nSPS) is 12.7. The van der Waals surface area contributed by atoms with Crippen molar-refractivity contribution in [1.29, 1.82) is 0 Å².